The van der Waals surface area contributed by atoms with Crippen molar-refractivity contribution < 1.29 is 4.79 Å². The summed E-state index contributed by atoms with van der Waals surface area (Å²) in [4.78, 5) is 35.8. The third kappa shape index (κ3) is 2.03. The number of H-pyrrole nitrogens is 1. The molecule has 8 heteroatoms. The van der Waals surface area contributed by atoms with Crippen molar-refractivity contribution in [2.75, 3.05) is 5.32 Å². The lowest BCUT2D eigenvalue weighted by Crippen LogP contribution is -2.17. The van der Waals surface area contributed by atoms with E-state index in [0.717, 1.165) is 0 Å². The van der Waals surface area contributed by atoms with E-state index in [4.69, 9.17) is 0 Å². The second kappa shape index (κ2) is 4.57. The summed E-state index contributed by atoms with van der Waals surface area (Å²) in [6.07, 6.45) is 4.28. The summed E-state index contributed by atoms with van der Waals surface area (Å²) in [6.45, 7) is 1.69. The van der Waals surface area contributed by atoms with E-state index in [2.05, 4.69) is 25.4 Å². The number of carbonyl (C=O) groups excluding carboxylic acids is 1. The van der Waals surface area contributed by atoms with Crippen LogP contribution in [0.2, 0.25) is 0 Å². The highest BCUT2D eigenvalue weighted by molar-refractivity contribution is 6.07. The first kappa shape index (κ1) is 12.0. The van der Waals surface area contributed by atoms with Gasteiger partial charge in [-0.2, -0.15) is 0 Å². The SMILES string of the molecule is Cc1cc(=O)n2[nH]cc(C(=O)Nc3ccncn3)c2n1. The lowest BCUT2D eigenvalue weighted by atomic mass is 10.3. The van der Waals surface area contributed by atoms with Gasteiger partial charge in [-0.15, -0.1) is 0 Å². The van der Waals surface area contributed by atoms with Crippen LogP contribution in [0, 0.1) is 6.92 Å². The summed E-state index contributed by atoms with van der Waals surface area (Å²) in [5.41, 5.74) is 0.824. The molecule has 20 heavy (non-hydrogen) atoms. The predicted molar refractivity (Wildman–Crippen MR) is 70.5 cm³/mol. The number of nitrogens with zero attached hydrogens (tertiary/aromatic N) is 4. The number of amides is 1. The number of carbonyl (C=O) groups is 1. The summed E-state index contributed by atoms with van der Waals surface area (Å²) in [5.74, 6) is -0.0284. The maximum Gasteiger partial charge on any atom is 0.272 e. The Kier molecular flexibility index (Phi) is 2.75. The monoisotopic (exact) mass is 270 g/mol. The summed E-state index contributed by atoms with van der Waals surface area (Å²) < 4.78 is 1.21. The smallest absolute Gasteiger partial charge is 0.272 e. The number of nitrogens with one attached hydrogen (secondary N) is 2. The van der Waals surface area contributed by atoms with Crippen LogP contribution in [0.4, 0.5) is 5.82 Å². The van der Waals surface area contributed by atoms with Gasteiger partial charge in [0.25, 0.3) is 11.5 Å². The van der Waals surface area contributed by atoms with E-state index in [9.17, 15) is 9.59 Å². The largest absolute Gasteiger partial charge is 0.306 e. The van der Waals surface area contributed by atoms with Gasteiger partial charge >= 0.3 is 0 Å². The molecule has 0 aliphatic rings. The zero-order valence-electron chi connectivity index (χ0n) is 10.5. The lowest BCUT2D eigenvalue weighted by Gasteiger charge is -2.02. The van der Waals surface area contributed by atoms with Crippen molar-refractivity contribution >= 4 is 17.4 Å². The zero-order valence-corrected chi connectivity index (χ0v) is 10.5. The molecule has 3 aromatic heterocycles. The highest BCUT2D eigenvalue weighted by Crippen LogP contribution is 2.09. The highest BCUT2D eigenvalue weighted by Gasteiger charge is 2.15. The van der Waals surface area contributed by atoms with Crippen LogP contribution in [0.15, 0.2) is 35.6 Å². The molecule has 0 aliphatic heterocycles. The van der Waals surface area contributed by atoms with Crippen molar-refractivity contribution in [3.8, 4) is 0 Å². The molecule has 0 fully saturated rings. The number of aromatic amines is 1. The van der Waals surface area contributed by atoms with Gasteiger partial charge in [0.1, 0.15) is 17.7 Å². The summed E-state index contributed by atoms with van der Waals surface area (Å²) in [5, 5.41) is 5.31. The molecular formula is C12H10N6O2. The van der Waals surface area contributed by atoms with Gasteiger partial charge in [-0.1, -0.05) is 0 Å². The van der Waals surface area contributed by atoms with Gasteiger partial charge in [0, 0.05) is 24.2 Å². The molecule has 0 unspecified atom stereocenters. The fourth-order valence-electron chi connectivity index (χ4n) is 1.81. The molecule has 0 bridgehead atoms. The van der Waals surface area contributed by atoms with Gasteiger partial charge in [-0.3, -0.25) is 14.7 Å². The van der Waals surface area contributed by atoms with E-state index < -0.39 is 5.91 Å². The molecule has 3 aromatic rings. The maximum absolute atomic E-state index is 12.2. The molecule has 0 spiro atoms. The van der Waals surface area contributed by atoms with E-state index in [1.807, 2.05) is 0 Å². The zero-order chi connectivity index (χ0) is 14.1. The molecule has 0 saturated heterocycles. The Morgan fingerprint density at radius 2 is 2.30 bits per heavy atom. The minimum Gasteiger partial charge on any atom is -0.306 e. The van der Waals surface area contributed by atoms with Crippen molar-refractivity contribution in [3.63, 3.8) is 0 Å². The maximum atomic E-state index is 12.2. The molecule has 0 aromatic carbocycles. The number of fused-ring (bicyclic) bond motifs is 1. The van der Waals surface area contributed by atoms with E-state index >= 15 is 0 Å². The van der Waals surface area contributed by atoms with Crippen molar-refractivity contribution in [2.24, 2.45) is 0 Å². The highest BCUT2D eigenvalue weighted by atomic mass is 16.2. The van der Waals surface area contributed by atoms with Crippen molar-refractivity contribution in [2.45, 2.75) is 6.92 Å². The molecule has 1 amide bonds. The first-order valence-electron chi connectivity index (χ1n) is 5.80. The molecule has 0 atom stereocenters. The summed E-state index contributed by atoms with van der Waals surface area (Å²) >= 11 is 0. The summed E-state index contributed by atoms with van der Waals surface area (Å²) in [7, 11) is 0. The van der Waals surface area contributed by atoms with E-state index in [1.54, 1.807) is 13.0 Å². The number of hydrogen-bond donors (Lipinski definition) is 2. The van der Waals surface area contributed by atoms with Gasteiger partial charge in [-0.05, 0) is 13.0 Å². The van der Waals surface area contributed by atoms with Crippen LogP contribution in [0.25, 0.3) is 5.65 Å². The van der Waals surface area contributed by atoms with Crippen LogP contribution in [0.1, 0.15) is 16.1 Å². The minimum atomic E-state index is -0.403. The second-order valence-corrected chi connectivity index (χ2v) is 4.13. The first-order valence-corrected chi connectivity index (χ1v) is 5.80. The van der Waals surface area contributed by atoms with Crippen LogP contribution >= 0.6 is 0 Å². The first-order chi connectivity index (χ1) is 9.65. The topological polar surface area (TPSA) is 105 Å². The molecule has 2 N–H and O–H groups in total. The van der Waals surface area contributed by atoms with Gasteiger partial charge in [0.2, 0.25) is 0 Å². The third-order valence-electron chi connectivity index (χ3n) is 2.69. The minimum absolute atomic E-state index is 0.268. The Balaban J connectivity index is 2.02. The van der Waals surface area contributed by atoms with Gasteiger partial charge in [-0.25, -0.2) is 19.5 Å². The van der Waals surface area contributed by atoms with Crippen LogP contribution in [0.3, 0.4) is 0 Å². The van der Waals surface area contributed by atoms with Crippen molar-refractivity contribution in [3.05, 3.63) is 52.5 Å². The van der Waals surface area contributed by atoms with Gasteiger partial charge < -0.3 is 5.32 Å². The lowest BCUT2D eigenvalue weighted by molar-refractivity contribution is 0.102. The fraction of sp³-hybridized carbons (Fsp3) is 0.0833. The van der Waals surface area contributed by atoms with E-state index in [0.29, 0.717) is 11.5 Å². The second-order valence-electron chi connectivity index (χ2n) is 4.13. The number of rotatable bonds is 2. The number of hydrogen-bond acceptors (Lipinski definition) is 5. The third-order valence-corrected chi connectivity index (χ3v) is 2.69. The number of aromatic nitrogens is 5. The Morgan fingerprint density at radius 1 is 1.45 bits per heavy atom. The average molecular weight is 270 g/mol. The van der Waals surface area contributed by atoms with Crippen molar-refractivity contribution in [1.29, 1.82) is 0 Å². The quantitative estimate of drug-likeness (QED) is 0.700. The van der Waals surface area contributed by atoms with Crippen LogP contribution < -0.4 is 10.9 Å². The van der Waals surface area contributed by atoms with Gasteiger partial charge in [0.05, 0.1) is 0 Å². The Morgan fingerprint density at radius 3 is 3.05 bits per heavy atom. The Bertz CT molecular complexity index is 836. The average Bonchev–Trinajstić information content (AvgIpc) is 2.84. The van der Waals surface area contributed by atoms with Crippen LogP contribution in [0.5, 0.6) is 0 Å². The van der Waals surface area contributed by atoms with E-state index in [1.165, 1.54) is 29.3 Å². The van der Waals surface area contributed by atoms with Crippen molar-refractivity contribution in [1.82, 2.24) is 24.6 Å². The molecule has 3 rings (SSSR count). The molecule has 3 heterocycles. The van der Waals surface area contributed by atoms with Gasteiger partial charge in [0.15, 0.2) is 5.65 Å². The fourth-order valence-corrected chi connectivity index (χ4v) is 1.81. The molecular weight excluding hydrogens is 260 g/mol. The van der Waals surface area contributed by atoms with E-state index in [-0.39, 0.29) is 16.8 Å². The molecule has 0 aliphatic carbocycles. The Hall–Kier alpha value is -3.03. The number of anilines is 1. The standard InChI is InChI=1S/C12H10N6O2/c1-7-4-10(19)18-11(16-7)8(5-15-18)12(20)17-9-2-3-13-6-14-9/h2-6,15H,1H3,(H,13,14,17,20). The molecule has 8 nitrogen and oxygen atoms in total. The number of aryl methyl sites for hydroxylation is 1. The normalized spacial score (nSPS) is 10.7. The molecule has 0 saturated carbocycles. The molecule has 0 radical (unpaired) electrons. The predicted octanol–water partition coefficient (Wildman–Crippen LogP) is 0.373. The Labute approximate surface area is 112 Å². The summed E-state index contributed by atoms with van der Waals surface area (Å²) in [6, 6.07) is 2.95. The molecule has 100 valence electrons. The van der Waals surface area contributed by atoms with Crippen LogP contribution in [-0.2, 0) is 0 Å². The van der Waals surface area contributed by atoms with Crippen LogP contribution in [-0.4, -0.2) is 30.5 Å².